The van der Waals surface area contributed by atoms with Crippen molar-refractivity contribution in [1.82, 2.24) is 10.2 Å². The lowest BCUT2D eigenvalue weighted by Crippen LogP contribution is -2.51. The van der Waals surface area contributed by atoms with Crippen LogP contribution in [0, 0.1) is 5.92 Å². The van der Waals surface area contributed by atoms with Crippen molar-refractivity contribution in [2.75, 3.05) is 30.8 Å². The van der Waals surface area contributed by atoms with E-state index in [1.165, 1.54) is 12.0 Å². The van der Waals surface area contributed by atoms with Gasteiger partial charge in [0.25, 0.3) is 0 Å². The summed E-state index contributed by atoms with van der Waals surface area (Å²) in [7, 11) is -2.25. The molecule has 1 atom stereocenters. The van der Waals surface area contributed by atoms with Crippen molar-refractivity contribution in [3.8, 4) is 5.75 Å². The van der Waals surface area contributed by atoms with Gasteiger partial charge in [-0.25, -0.2) is 8.42 Å². The van der Waals surface area contributed by atoms with E-state index in [4.69, 9.17) is 4.74 Å². The molecule has 8 nitrogen and oxygen atoms in total. The second-order valence-electron chi connectivity index (χ2n) is 8.29. The van der Waals surface area contributed by atoms with Crippen LogP contribution < -0.4 is 14.4 Å². The zero-order valence-corrected chi connectivity index (χ0v) is 20.6. The molecule has 2 rings (SSSR count). The van der Waals surface area contributed by atoms with Gasteiger partial charge in [0.15, 0.2) is 0 Å². The molecular formula is C24H33N3O5S. The zero-order valence-electron chi connectivity index (χ0n) is 19.8. The van der Waals surface area contributed by atoms with Crippen molar-refractivity contribution >= 4 is 27.5 Å². The van der Waals surface area contributed by atoms with E-state index in [9.17, 15) is 18.0 Å². The Hall–Kier alpha value is -3.07. The Balaban J connectivity index is 2.32. The first-order valence-electron chi connectivity index (χ1n) is 10.8. The number of carbonyl (C=O) groups is 2. The molecule has 2 aromatic rings. The molecule has 0 aliphatic heterocycles. The SMILES string of the molecule is COc1ccc(N(CC(=O)N(Cc2ccccc2)[C@@H](C)C(=O)NCC(C)C)S(C)(=O)=O)cc1. The van der Waals surface area contributed by atoms with E-state index in [2.05, 4.69) is 5.32 Å². The number of ether oxygens (including phenoxy) is 1. The summed E-state index contributed by atoms with van der Waals surface area (Å²) >= 11 is 0. The van der Waals surface area contributed by atoms with Crippen molar-refractivity contribution in [1.29, 1.82) is 0 Å². The van der Waals surface area contributed by atoms with Crippen molar-refractivity contribution in [3.63, 3.8) is 0 Å². The molecule has 0 fully saturated rings. The van der Waals surface area contributed by atoms with Crippen LogP contribution in [0.2, 0.25) is 0 Å². The topological polar surface area (TPSA) is 96.0 Å². The molecule has 180 valence electrons. The molecule has 0 saturated heterocycles. The minimum Gasteiger partial charge on any atom is -0.497 e. The maximum Gasteiger partial charge on any atom is 0.244 e. The highest BCUT2D eigenvalue weighted by molar-refractivity contribution is 7.92. The first-order valence-corrected chi connectivity index (χ1v) is 12.6. The summed E-state index contributed by atoms with van der Waals surface area (Å²) in [4.78, 5) is 27.6. The number of methoxy groups -OCH3 is 1. The van der Waals surface area contributed by atoms with E-state index in [1.54, 1.807) is 31.2 Å². The lowest BCUT2D eigenvalue weighted by atomic mass is 10.1. The van der Waals surface area contributed by atoms with Crippen molar-refractivity contribution in [2.24, 2.45) is 5.92 Å². The third-order valence-corrected chi connectivity index (χ3v) is 6.23. The highest BCUT2D eigenvalue weighted by atomic mass is 32.2. The summed E-state index contributed by atoms with van der Waals surface area (Å²) in [5.74, 6) is 0.0607. The Morgan fingerprint density at radius 3 is 2.12 bits per heavy atom. The molecule has 2 amide bonds. The fourth-order valence-electron chi connectivity index (χ4n) is 3.18. The number of hydrogen-bond acceptors (Lipinski definition) is 5. The standard InChI is InChI=1S/C24H33N3O5S/c1-18(2)15-25-24(29)19(3)26(16-20-9-7-6-8-10-20)23(28)17-27(33(5,30)31)21-11-13-22(32-4)14-12-21/h6-14,18-19H,15-17H2,1-5H3,(H,25,29)/t19-/m0/s1. The predicted molar refractivity (Wildman–Crippen MR) is 129 cm³/mol. The van der Waals surface area contributed by atoms with Gasteiger partial charge in [-0.3, -0.25) is 13.9 Å². The molecule has 0 aromatic heterocycles. The Morgan fingerprint density at radius 1 is 1.00 bits per heavy atom. The second kappa shape index (κ2) is 11.7. The van der Waals surface area contributed by atoms with Gasteiger partial charge < -0.3 is 15.0 Å². The zero-order chi connectivity index (χ0) is 24.6. The molecule has 2 aromatic carbocycles. The average molecular weight is 476 g/mol. The largest absolute Gasteiger partial charge is 0.497 e. The fraction of sp³-hybridized carbons (Fsp3) is 0.417. The molecule has 0 spiro atoms. The number of benzene rings is 2. The Kier molecular flexibility index (Phi) is 9.28. The van der Waals surface area contributed by atoms with Gasteiger partial charge >= 0.3 is 0 Å². The van der Waals surface area contributed by atoms with Gasteiger partial charge in [-0.2, -0.15) is 0 Å². The number of anilines is 1. The Bertz CT molecular complexity index is 1020. The van der Waals surface area contributed by atoms with Crippen LogP contribution in [0.5, 0.6) is 5.75 Å². The summed E-state index contributed by atoms with van der Waals surface area (Å²) in [6.07, 6.45) is 1.05. The monoisotopic (exact) mass is 475 g/mol. The predicted octanol–water partition coefficient (Wildman–Crippen LogP) is 2.65. The number of rotatable bonds is 11. The van der Waals surface area contributed by atoms with Crippen molar-refractivity contribution < 1.29 is 22.7 Å². The third-order valence-electron chi connectivity index (χ3n) is 5.09. The lowest BCUT2D eigenvalue weighted by Gasteiger charge is -2.31. The summed E-state index contributed by atoms with van der Waals surface area (Å²) in [5, 5.41) is 2.85. The van der Waals surface area contributed by atoms with Gasteiger partial charge in [-0.1, -0.05) is 44.2 Å². The van der Waals surface area contributed by atoms with Gasteiger partial charge in [-0.05, 0) is 42.7 Å². The number of carbonyl (C=O) groups excluding carboxylic acids is 2. The molecule has 9 heteroatoms. The van der Waals surface area contributed by atoms with Crippen LogP contribution in [0.15, 0.2) is 54.6 Å². The molecular weight excluding hydrogens is 442 g/mol. The second-order valence-corrected chi connectivity index (χ2v) is 10.2. The number of sulfonamides is 1. The normalized spacial score (nSPS) is 12.2. The average Bonchev–Trinajstić information content (AvgIpc) is 2.78. The molecule has 0 radical (unpaired) electrons. The summed E-state index contributed by atoms with van der Waals surface area (Å²) in [6, 6.07) is 14.9. The van der Waals surface area contributed by atoms with E-state index in [-0.39, 0.29) is 18.4 Å². The Labute approximate surface area is 196 Å². The number of nitrogens with zero attached hydrogens (tertiary/aromatic N) is 2. The van der Waals surface area contributed by atoms with Crippen molar-refractivity contribution in [2.45, 2.75) is 33.4 Å². The minimum atomic E-state index is -3.76. The number of amides is 2. The van der Waals surface area contributed by atoms with Gasteiger partial charge in [0.05, 0.1) is 19.1 Å². The third kappa shape index (κ3) is 7.78. The van der Waals surface area contributed by atoms with Crippen LogP contribution in [0.25, 0.3) is 0 Å². The van der Waals surface area contributed by atoms with Crippen LogP contribution in [0.3, 0.4) is 0 Å². The molecule has 0 saturated carbocycles. The quantitative estimate of drug-likeness (QED) is 0.539. The van der Waals surface area contributed by atoms with E-state index in [0.717, 1.165) is 16.1 Å². The van der Waals surface area contributed by atoms with Crippen LogP contribution in [0.4, 0.5) is 5.69 Å². The molecule has 0 heterocycles. The van der Waals surface area contributed by atoms with Crippen LogP contribution in [0.1, 0.15) is 26.3 Å². The smallest absolute Gasteiger partial charge is 0.244 e. The maximum atomic E-state index is 13.4. The van der Waals surface area contributed by atoms with Gasteiger partial charge in [0.2, 0.25) is 21.8 Å². The van der Waals surface area contributed by atoms with E-state index in [0.29, 0.717) is 18.0 Å². The summed E-state index contributed by atoms with van der Waals surface area (Å²) < 4.78 is 31.2. The maximum absolute atomic E-state index is 13.4. The Morgan fingerprint density at radius 2 is 1.61 bits per heavy atom. The molecule has 0 bridgehead atoms. The van der Waals surface area contributed by atoms with E-state index >= 15 is 0 Å². The molecule has 0 unspecified atom stereocenters. The lowest BCUT2D eigenvalue weighted by molar-refractivity contribution is -0.139. The highest BCUT2D eigenvalue weighted by Crippen LogP contribution is 2.22. The molecule has 0 aliphatic rings. The number of hydrogen-bond donors (Lipinski definition) is 1. The summed E-state index contributed by atoms with van der Waals surface area (Å²) in [5.41, 5.74) is 1.17. The fourth-order valence-corrected chi connectivity index (χ4v) is 4.03. The molecule has 33 heavy (non-hydrogen) atoms. The van der Waals surface area contributed by atoms with Gasteiger partial charge in [-0.15, -0.1) is 0 Å². The van der Waals surface area contributed by atoms with Gasteiger partial charge in [0.1, 0.15) is 18.3 Å². The number of nitrogens with one attached hydrogen (secondary N) is 1. The minimum absolute atomic E-state index is 0.177. The molecule has 0 aliphatic carbocycles. The van der Waals surface area contributed by atoms with Crippen LogP contribution in [-0.4, -0.2) is 57.6 Å². The van der Waals surface area contributed by atoms with E-state index in [1.807, 2.05) is 44.2 Å². The summed E-state index contributed by atoms with van der Waals surface area (Å²) in [6.45, 7) is 5.84. The first-order chi connectivity index (χ1) is 15.5. The highest BCUT2D eigenvalue weighted by Gasteiger charge is 2.30. The van der Waals surface area contributed by atoms with E-state index < -0.39 is 28.5 Å². The van der Waals surface area contributed by atoms with Crippen LogP contribution in [-0.2, 0) is 26.2 Å². The first kappa shape index (κ1) is 26.2. The van der Waals surface area contributed by atoms with Gasteiger partial charge in [0, 0.05) is 13.1 Å². The van der Waals surface area contributed by atoms with Crippen molar-refractivity contribution in [3.05, 3.63) is 60.2 Å². The molecule has 1 N–H and O–H groups in total. The van der Waals surface area contributed by atoms with Crippen LogP contribution >= 0.6 is 0 Å².